The number of carboxylic acids is 1. The quantitative estimate of drug-likeness (QED) is 0.256. The molecule has 0 aliphatic carbocycles. The second-order valence-electron chi connectivity index (χ2n) is 6.03. The number of carboxylic acid groups (broad SMARTS) is 1. The van der Waals surface area contributed by atoms with Crippen LogP contribution in [-0.4, -0.2) is 58.1 Å². The molecule has 0 bridgehead atoms. The molecule has 0 spiro atoms. The minimum atomic E-state index is -1.49. The van der Waals surface area contributed by atoms with Crippen LogP contribution in [0.1, 0.15) is 33.6 Å². The molecular weight excluding hydrogens is 320 g/mol. The largest absolute Gasteiger partial charge is 0.480 e. The highest BCUT2D eigenvalue weighted by molar-refractivity contribution is 5.93. The number of hydrogen-bond donors (Lipinski definition) is 6. The number of primary amides is 1. The monoisotopic (exact) mass is 346 g/mol. The smallest absolute Gasteiger partial charge is 0.326 e. The lowest BCUT2D eigenvalue weighted by Gasteiger charge is -2.24. The fourth-order valence-corrected chi connectivity index (χ4v) is 1.86. The van der Waals surface area contributed by atoms with Gasteiger partial charge in [0.2, 0.25) is 17.7 Å². The van der Waals surface area contributed by atoms with Crippen LogP contribution in [0.3, 0.4) is 0 Å². The summed E-state index contributed by atoms with van der Waals surface area (Å²) in [5, 5.41) is 22.9. The third-order valence-electron chi connectivity index (χ3n) is 3.18. The SMILES string of the molecule is CC(C)C[C@H](NC(=O)[C@@H](N)[C@@H](C)O)C(=O)N[C@@H](CC(N)=O)C(=O)O. The molecule has 10 nitrogen and oxygen atoms in total. The van der Waals surface area contributed by atoms with Gasteiger partial charge >= 0.3 is 5.97 Å². The van der Waals surface area contributed by atoms with Gasteiger partial charge in [-0.2, -0.15) is 0 Å². The molecular formula is C14H26N4O6. The molecule has 0 aromatic carbocycles. The molecule has 24 heavy (non-hydrogen) atoms. The minimum Gasteiger partial charge on any atom is -0.480 e. The van der Waals surface area contributed by atoms with Crippen molar-refractivity contribution in [3.05, 3.63) is 0 Å². The van der Waals surface area contributed by atoms with E-state index in [0.717, 1.165) is 0 Å². The number of carbonyl (C=O) groups excluding carboxylic acids is 3. The molecule has 0 fully saturated rings. The van der Waals surface area contributed by atoms with E-state index in [1.165, 1.54) is 6.92 Å². The van der Waals surface area contributed by atoms with Crippen molar-refractivity contribution in [2.75, 3.05) is 0 Å². The molecule has 0 saturated heterocycles. The maximum absolute atomic E-state index is 12.3. The molecule has 0 unspecified atom stereocenters. The van der Waals surface area contributed by atoms with Crippen molar-refractivity contribution >= 4 is 23.7 Å². The Hall–Kier alpha value is -2.20. The van der Waals surface area contributed by atoms with E-state index in [1.54, 1.807) is 13.8 Å². The van der Waals surface area contributed by atoms with E-state index in [2.05, 4.69) is 10.6 Å². The Morgan fingerprint density at radius 1 is 1.00 bits per heavy atom. The van der Waals surface area contributed by atoms with E-state index in [0.29, 0.717) is 0 Å². The van der Waals surface area contributed by atoms with Gasteiger partial charge in [0.05, 0.1) is 12.5 Å². The Morgan fingerprint density at radius 2 is 1.50 bits per heavy atom. The minimum absolute atomic E-state index is 0.00300. The second-order valence-corrected chi connectivity index (χ2v) is 6.03. The van der Waals surface area contributed by atoms with Crippen LogP contribution in [0, 0.1) is 5.92 Å². The van der Waals surface area contributed by atoms with E-state index in [-0.39, 0.29) is 12.3 Å². The third kappa shape index (κ3) is 7.88. The zero-order chi connectivity index (χ0) is 19.0. The Morgan fingerprint density at radius 3 is 1.88 bits per heavy atom. The lowest BCUT2D eigenvalue weighted by Crippen LogP contribution is -2.56. The Labute approximate surface area is 139 Å². The van der Waals surface area contributed by atoms with Crippen LogP contribution in [0.25, 0.3) is 0 Å². The first-order chi connectivity index (χ1) is 11.0. The average molecular weight is 346 g/mol. The number of nitrogens with one attached hydrogen (secondary N) is 2. The topological polar surface area (TPSA) is 185 Å². The number of amides is 3. The van der Waals surface area contributed by atoms with Crippen molar-refractivity contribution in [3.63, 3.8) is 0 Å². The van der Waals surface area contributed by atoms with Gasteiger partial charge in [-0.25, -0.2) is 4.79 Å². The van der Waals surface area contributed by atoms with Gasteiger partial charge in [-0.1, -0.05) is 13.8 Å². The summed E-state index contributed by atoms with van der Waals surface area (Å²) in [6.07, 6.45) is -1.47. The van der Waals surface area contributed by atoms with Gasteiger partial charge in [0, 0.05) is 0 Å². The molecule has 0 aliphatic heterocycles. The van der Waals surface area contributed by atoms with Crippen LogP contribution in [0.4, 0.5) is 0 Å². The maximum atomic E-state index is 12.3. The molecule has 10 heteroatoms. The highest BCUT2D eigenvalue weighted by Crippen LogP contribution is 2.07. The van der Waals surface area contributed by atoms with Gasteiger partial charge in [-0.05, 0) is 19.3 Å². The van der Waals surface area contributed by atoms with E-state index < -0.39 is 54.3 Å². The van der Waals surface area contributed by atoms with Crippen LogP contribution < -0.4 is 22.1 Å². The molecule has 4 atom stereocenters. The first-order valence-corrected chi connectivity index (χ1v) is 7.51. The zero-order valence-electron chi connectivity index (χ0n) is 14.0. The van der Waals surface area contributed by atoms with Crippen molar-refractivity contribution in [2.45, 2.75) is 57.8 Å². The number of hydrogen-bond acceptors (Lipinski definition) is 6. The Kier molecular flexibility index (Phi) is 8.93. The maximum Gasteiger partial charge on any atom is 0.326 e. The van der Waals surface area contributed by atoms with Crippen LogP contribution in [0.5, 0.6) is 0 Å². The molecule has 3 amide bonds. The van der Waals surface area contributed by atoms with Crippen LogP contribution >= 0.6 is 0 Å². The lowest BCUT2D eigenvalue weighted by atomic mass is 10.0. The highest BCUT2D eigenvalue weighted by atomic mass is 16.4. The number of nitrogens with two attached hydrogens (primary N) is 2. The molecule has 0 saturated carbocycles. The van der Waals surface area contributed by atoms with E-state index >= 15 is 0 Å². The highest BCUT2D eigenvalue weighted by Gasteiger charge is 2.30. The number of carbonyl (C=O) groups is 4. The molecule has 0 radical (unpaired) electrons. The second kappa shape index (κ2) is 9.83. The van der Waals surface area contributed by atoms with E-state index in [1.807, 2.05) is 0 Å². The van der Waals surface area contributed by atoms with Crippen molar-refractivity contribution in [1.82, 2.24) is 10.6 Å². The van der Waals surface area contributed by atoms with Gasteiger partial charge in [0.25, 0.3) is 0 Å². The van der Waals surface area contributed by atoms with Gasteiger partial charge in [0.15, 0.2) is 0 Å². The number of aliphatic carboxylic acids is 1. The summed E-state index contributed by atoms with van der Waals surface area (Å²) in [6, 6.07) is -3.78. The molecule has 0 aromatic rings. The summed E-state index contributed by atoms with van der Waals surface area (Å²) in [4.78, 5) is 46.1. The molecule has 138 valence electrons. The summed E-state index contributed by atoms with van der Waals surface area (Å²) in [5.41, 5.74) is 10.5. The predicted octanol–water partition coefficient (Wildman–Crippen LogP) is -2.33. The van der Waals surface area contributed by atoms with Crippen molar-refractivity contribution in [2.24, 2.45) is 17.4 Å². The number of rotatable bonds is 10. The zero-order valence-corrected chi connectivity index (χ0v) is 14.0. The molecule has 0 heterocycles. The first-order valence-electron chi connectivity index (χ1n) is 7.51. The fraction of sp³-hybridized carbons (Fsp3) is 0.714. The van der Waals surface area contributed by atoms with Crippen molar-refractivity contribution in [3.8, 4) is 0 Å². The third-order valence-corrected chi connectivity index (χ3v) is 3.18. The van der Waals surface area contributed by atoms with E-state index in [4.69, 9.17) is 16.6 Å². The van der Waals surface area contributed by atoms with E-state index in [9.17, 15) is 24.3 Å². The summed E-state index contributed by atoms with van der Waals surface area (Å²) in [5.74, 6) is -3.82. The van der Waals surface area contributed by atoms with Gasteiger partial charge in [0.1, 0.15) is 18.1 Å². The average Bonchev–Trinajstić information content (AvgIpc) is 2.43. The standard InChI is InChI=1S/C14H26N4O6/c1-6(2)4-8(17-13(22)11(16)7(3)19)12(21)18-9(14(23)24)5-10(15)20/h6-9,11,19H,4-5,16H2,1-3H3,(H2,15,20)(H,17,22)(H,18,21)(H,23,24)/t7-,8+,9+,11+/m1/s1. The Bertz CT molecular complexity index is 480. The summed E-state index contributed by atoms with van der Waals surface area (Å²) >= 11 is 0. The predicted molar refractivity (Wildman–Crippen MR) is 84.4 cm³/mol. The van der Waals surface area contributed by atoms with Gasteiger partial charge in [-0.3, -0.25) is 14.4 Å². The Balaban J connectivity index is 5.08. The molecule has 0 aliphatic rings. The van der Waals surface area contributed by atoms with Crippen molar-refractivity contribution < 1.29 is 29.4 Å². The van der Waals surface area contributed by atoms with Crippen LogP contribution in [-0.2, 0) is 19.2 Å². The lowest BCUT2D eigenvalue weighted by molar-refractivity contribution is -0.143. The summed E-state index contributed by atoms with van der Waals surface area (Å²) in [6.45, 7) is 4.94. The fourth-order valence-electron chi connectivity index (χ4n) is 1.86. The molecule has 0 aromatic heterocycles. The van der Waals surface area contributed by atoms with Gasteiger partial charge in [-0.15, -0.1) is 0 Å². The first kappa shape index (κ1) is 21.8. The molecule has 0 rings (SSSR count). The van der Waals surface area contributed by atoms with Crippen LogP contribution in [0.15, 0.2) is 0 Å². The number of aliphatic hydroxyl groups excluding tert-OH is 1. The molecule has 8 N–H and O–H groups in total. The summed E-state index contributed by atoms with van der Waals surface area (Å²) in [7, 11) is 0. The van der Waals surface area contributed by atoms with Gasteiger partial charge < -0.3 is 32.3 Å². The van der Waals surface area contributed by atoms with Crippen molar-refractivity contribution in [1.29, 1.82) is 0 Å². The normalized spacial score (nSPS) is 15.9. The summed E-state index contributed by atoms with van der Waals surface area (Å²) < 4.78 is 0. The number of aliphatic hydroxyl groups is 1. The van der Waals surface area contributed by atoms with Crippen LogP contribution in [0.2, 0.25) is 0 Å².